The Morgan fingerprint density at radius 3 is 2.22 bits per heavy atom. The lowest BCUT2D eigenvalue weighted by atomic mass is 10.2. The number of aromatic nitrogens is 4. The van der Waals surface area contributed by atoms with Crippen molar-refractivity contribution in [2.24, 2.45) is 5.73 Å². The largest absolute Gasteiger partial charge is 0.330 e. The minimum absolute atomic E-state index is 0.607. The smallest absolute Gasteiger partial charge is 0.195 e. The summed E-state index contributed by atoms with van der Waals surface area (Å²) < 4.78 is 0. The molecule has 94 valence electrons. The molecule has 0 aliphatic heterocycles. The van der Waals surface area contributed by atoms with Gasteiger partial charge in [0.25, 0.3) is 0 Å². The van der Waals surface area contributed by atoms with Crippen molar-refractivity contribution in [2.45, 2.75) is 30.6 Å². The molecule has 2 aromatic heterocycles. The van der Waals surface area contributed by atoms with Crippen LogP contribution < -0.4 is 5.73 Å². The van der Waals surface area contributed by atoms with Crippen molar-refractivity contribution >= 4 is 11.8 Å². The highest BCUT2D eigenvalue weighted by molar-refractivity contribution is 7.99. The molecular weight excluding hydrogens is 246 g/mol. The van der Waals surface area contributed by atoms with E-state index in [1.54, 1.807) is 12.4 Å². The lowest BCUT2D eigenvalue weighted by molar-refractivity contribution is 0.869. The van der Waals surface area contributed by atoms with Crippen molar-refractivity contribution in [2.75, 3.05) is 6.54 Å². The van der Waals surface area contributed by atoms with Crippen LogP contribution in [0.5, 0.6) is 0 Å². The van der Waals surface area contributed by atoms with Crippen molar-refractivity contribution in [3.63, 3.8) is 0 Å². The predicted molar refractivity (Wildman–Crippen MR) is 70.4 cm³/mol. The summed E-state index contributed by atoms with van der Waals surface area (Å²) in [6, 6.07) is 1.94. The summed E-state index contributed by atoms with van der Waals surface area (Å²) in [6.45, 7) is 4.50. The van der Waals surface area contributed by atoms with Crippen LogP contribution in [0.15, 0.2) is 28.8 Å². The van der Waals surface area contributed by atoms with E-state index < -0.39 is 0 Å². The Morgan fingerprint density at radius 1 is 1.06 bits per heavy atom. The van der Waals surface area contributed by atoms with Gasteiger partial charge in [0, 0.05) is 23.8 Å². The van der Waals surface area contributed by atoms with Crippen LogP contribution in [0.3, 0.4) is 0 Å². The molecule has 0 saturated heterocycles. The van der Waals surface area contributed by atoms with Crippen molar-refractivity contribution in [1.29, 1.82) is 0 Å². The van der Waals surface area contributed by atoms with Gasteiger partial charge in [-0.15, -0.1) is 0 Å². The number of nitrogens with zero attached hydrogens (tertiary/aromatic N) is 4. The fourth-order valence-corrected chi connectivity index (χ4v) is 2.27. The first-order valence-corrected chi connectivity index (χ1v) is 6.50. The van der Waals surface area contributed by atoms with Gasteiger partial charge in [-0.2, -0.15) is 0 Å². The van der Waals surface area contributed by atoms with Gasteiger partial charge in [0.15, 0.2) is 10.3 Å². The van der Waals surface area contributed by atoms with Gasteiger partial charge < -0.3 is 5.73 Å². The van der Waals surface area contributed by atoms with E-state index in [0.717, 1.165) is 23.4 Å². The molecule has 0 bridgehead atoms. The number of aryl methyl sites for hydroxylation is 2. The van der Waals surface area contributed by atoms with E-state index >= 15 is 0 Å². The van der Waals surface area contributed by atoms with Gasteiger partial charge in [-0.1, -0.05) is 0 Å². The van der Waals surface area contributed by atoms with Gasteiger partial charge in [0.1, 0.15) is 0 Å². The molecule has 2 N–H and O–H groups in total. The maximum Gasteiger partial charge on any atom is 0.195 e. The van der Waals surface area contributed by atoms with E-state index in [4.69, 9.17) is 5.73 Å². The molecule has 0 atom stereocenters. The van der Waals surface area contributed by atoms with Gasteiger partial charge in [-0.3, -0.25) is 0 Å². The van der Waals surface area contributed by atoms with Gasteiger partial charge in [-0.05, 0) is 50.2 Å². The standard InChI is InChI=1S/C12H15N5S/c1-8-5-9(2)17-12(16-8)18-11-14-6-10(3-4-13)7-15-11/h5-7H,3-4,13H2,1-2H3. The molecule has 0 spiro atoms. The maximum absolute atomic E-state index is 5.47. The van der Waals surface area contributed by atoms with Crippen LogP contribution in [0.1, 0.15) is 17.0 Å². The van der Waals surface area contributed by atoms with Crippen LogP contribution in [-0.4, -0.2) is 26.5 Å². The SMILES string of the molecule is Cc1cc(C)nc(Sc2ncc(CCN)cn2)n1. The Kier molecular flexibility index (Phi) is 4.22. The quantitative estimate of drug-likeness (QED) is 0.841. The Hall–Kier alpha value is -1.53. The first kappa shape index (κ1) is 12.9. The summed E-state index contributed by atoms with van der Waals surface area (Å²) in [6.07, 6.45) is 4.39. The van der Waals surface area contributed by atoms with E-state index in [0.29, 0.717) is 16.9 Å². The van der Waals surface area contributed by atoms with E-state index in [1.165, 1.54) is 11.8 Å². The zero-order valence-electron chi connectivity index (χ0n) is 10.4. The van der Waals surface area contributed by atoms with Crippen molar-refractivity contribution in [3.8, 4) is 0 Å². The van der Waals surface area contributed by atoms with Gasteiger partial charge >= 0.3 is 0 Å². The van der Waals surface area contributed by atoms with E-state index in [9.17, 15) is 0 Å². The monoisotopic (exact) mass is 261 g/mol. The highest BCUT2D eigenvalue weighted by atomic mass is 32.2. The highest BCUT2D eigenvalue weighted by Crippen LogP contribution is 2.20. The molecule has 0 aliphatic rings. The van der Waals surface area contributed by atoms with Gasteiger partial charge in [0.05, 0.1) is 0 Å². The van der Waals surface area contributed by atoms with Crippen LogP contribution in [0.2, 0.25) is 0 Å². The lowest BCUT2D eigenvalue weighted by Gasteiger charge is -2.02. The predicted octanol–water partition coefficient (Wildman–Crippen LogP) is 1.54. The molecule has 0 aromatic carbocycles. The second-order valence-corrected chi connectivity index (χ2v) is 4.88. The number of hydrogen-bond acceptors (Lipinski definition) is 6. The molecule has 6 heteroatoms. The van der Waals surface area contributed by atoms with Crippen LogP contribution >= 0.6 is 11.8 Å². The Bertz CT molecular complexity index is 506. The molecule has 0 unspecified atom stereocenters. The van der Waals surface area contributed by atoms with Crippen molar-refractivity contribution in [3.05, 3.63) is 35.4 Å². The number of nitrogens with two attached hydrogens (primary N) is 1. The zero-order chi connectivity index (χ0) is 13.0. The van der Waals surface area contributed by atoms with Crippen molar-refractivity contribution in [1.82, 2.24) is 19.9 Å². The minimum atomic E-state index is 0.607. The first-order valence-electron chi connectivity index (χ1n) is 5.68. The third-order valence-electron chi connectivity index (χ3n) is 2.26. The number of hydrogen-bond donors (Lipinski definition) is 1. The molecule has 0 aliphatic carbocycles. The third-order valence-corrected chi connectivity index (χ3v) is 3.02. The first-order chi connectivity index (χ1) is 8.67. The molecule has 18 heavy (non-hydrogen) atoms. The zero-order valence-corrected chi connectivity index (χ0v) is 11.2. The second-order valence-electron chi connectivity index (χ2n) is 3.95. The second kappa shape index (κ2) is 5.88. The summed E-state index contributed by atoms with van der Waals surface area (Å²) in [5.41, 5.74) is 8.42. The normalized spacial score (nSPS) is 10.6. The highest BCUT2D eigenvalue weighted by Gasteiger charge is 2.05. The Labute approximate surface area is 110 Å². The van der Waals surface area contributed by atoms with E-state index in [-0.39, 0.29) is 0 Å². The van der Waals surface area contributed by atoms with E-state index in [2.05, 4.69) is 19.9 Å². The van der Waals surface area contributed by atoms with Gasteiger partial charge in [-0.25, -0.2) is 19.9 Å². The summed E-state index contributed by atoms with van der Waals surface area (Å²) >= 11 is 1.37. The maximum atomic E-state index is 5.47. The van der Waals surface area contributed by atoms with Gasteiger partial charge in [0.2, 0.25) is 0 Å². The average molecular weight is 261 g/mol. The summed E-state index contributed by atoms with van der Waals surface area (Å²) in [7, 11) is 0. The molecule has 0 radical (unpaired) electrons. The molecule has 2 rings (SSSR count). The molecule has 2 aromatic rings. The fraction of sp³-hybridized carbons (Fsp3) is 0.333. The molecule has 0 fully saturated rings. The average Bonchev–Trinajstić information content (AvgIpc) is 2.31. The summed E-state index contributed by atoms with van der Waals surface area (Å²) in [4.78, 5) is 17.2. The summed E-state index contributed by atoms with van der Waals surface area (Å²) in [5, 5.41) is 1.33. The van der Waals surface area contributed by atoms with Crippen LogP contribution in [-0.2, 0) is 6.42 Å². The Morgan fingerprint density at radius 2 is 1.67 bits per heavy atom. The summed E-state index contributed by atoms with van der Waals surface area (Å²) in [5.74, 6) is 0. The molecule has 5 nitrogen and oxygen atoms in total. The van der Waals surface area contributed by atoms with Crippen LogP contribution in [0.25, 0.3) is 0 Å². The fourth-order valence-electron chi connectivity index (χ4n) is 1.51. The lowest BCUT2D eigenvalue weighted by Crippen LogP contribution is -2.03. The molecule has 2 heterocycles. The van der Waals surface area contributed by atoms with Crippen LogP contribution in [0, 0.1) is 13.8 Å². The van der Waals surface area contributed by atoms with Crippen LogP contribution in [0.4, 0.5) is 0 Å². The Balaban J connectivity index is 2.13. The number of rotatable bonds is 4. The minimum Gasteiger partial charge on any atom is -0.330 e. The molecule has 0 amide bonds. The molecule has 0 saturated carbocycles. The van der Waals surface area contributed by atoms with E-state index in [1.807, 2.05) is 19.9 Å². The topological polar surface area (TPSA) is 77.6 Å². The van der Waals surface area contributed by atoms with Crippen molar-refractivity contribution < 1.29 is 0 Å². The molecular formula is C12H15N5S. The third kappa shape index (κ3) is 3.48.